The fourth-order valence-electron chi connectivity index (χ4n) is 1.96. The van der Waals surface area contributed by atoms with E-state index in [4.69, 9.17) is 4.52 Å². The minimum absolute atomic E-state index is 0.177. The summed E-state index contributed by atoms with van der Waals surface area (Å²) in [6.45, 7) is 0.306. The van der Waals surface area contributed by atoms with Crippen LogP contribution in [0.15, 0.2) is 47.2 Å². The molecular formula is C14H13N5O2. The molecule has 0 unspecified atom stereocenters. The third-order valence-corrected chi connectivity index (χ3v) is 2.95. The molecule has 0 aliphatic carbocycles. The summed E-state index contributed by atoms with van der Waals surface area (Å²) in [5.74, 6) is -0.145. The van der Waals surface area contributed by atoms with Crippen LogP contribution in [0.1, 0.15) is 16.2 Å². The Morgan fingerprint density at radius 3 is 2.95 bits per heavy atom. The van der Waals surface area contributed by atoms with Crippen LogP contribution in [-0.4, -0.2) is 25.8 Å². The number of carbonyl (C=O) groups excluding carboxylic acids is 1. The molecule has 7 nitrogen and oxygen atoms in total. The number of hydrogen-bond donors (Lipinski definition) is 1. The fraction of sp³-hybridized carbons (Fsp3) is 0.143. The van der Waals surface area contributed by atoms with Crippen molar-refractivity contribution in [3.8, 4) is 11.4 Å². The van der Waals surface area contributed by atoms with E-state index in [1.165, 1.54) is 12.3 Å². The quantitative estimate of drug-likeness (QED) is 0.782. The van der Waals surface area contributed by atoms with E-state index in [9.17, 15) is 4.79 Å². The highest BCUT2D eigenvalue weighted by Gasteiger charge is 2.12. The average molecular weight is 283 g/mol. The molecule has 0 saturated heterocycles. The van der Waals surface area contributed by atoms with Gasteiger partial charge in [-0.15, -0.1) is 0 Å². The monoisotopic (exact) mass is 283 g/mol. The molecule has 0 aliphatic rings. The summed E-state index contributed by atoms with van der Waals surface area (Å²) in [6, 6.07) is 9.09. The molecule has 3 heterocycles. The highest BCUT2D eigenvalue weighted by Crippen LogP contribution is 2.16. The van der Waals surface area contributed by atoms with Crippen molar-refractivity contribution in [3.63, 3.8) is 0 Å². The van der Waals surface area contributed by atoms with Gasteiger partial charge in [0.25, 0.3) is 5.91 Å². The smallest absolute Gasteiger partial charge is 0.290 e. The van der Waals surface area contributed by atoms with E-state index in [1.807, 2.05) is 31.3 Å². The van der Waals surface area contributed by atoms with Crippen molar-refractivity contribution in [1.29, 1.82) is 0 Å². The normalized spacial score (nSPS) is 10.5. The zero-order valence-electron chi connectivity index (χ0n) is 11.4. The van der Waals surface area contributed by atoms with Crippen molar-refractivity contribution in [2.24, 2.45) is 7.05 Å². The molecule has 1 amide bonds. The number of aryl methyl sites for hydroxylation is 1. The van der Waals surface area contributed by atoms with Gasteiger partial charge in [0.2, 0.25) is 5.76 Å². The van der Waals surface area contributed by atoms with Gasteiger partial charge < -0.3 is 9.84 Å². The molecule has 0 aromatic carbocycles. The molecule has 106 valence electrons. The lowest BCUT2D eigenvalue weighted by molar-refractivity contribution is 0.0913. The summed E-state index contributed by atoms with van der Waals surface area (Å²) in [7, 11) is 1.84. The Hall–Kier alpha value is -2.96. The first-order valence-corrected chi connectivity index (χ1v) is 6.37. The van der Waals surface area contributed by atoms with Crippen LogP contribution >= 0.6 is 0 Å². The number of nitrogens with zero attached hydrogens (tertiary/aromatic N) is 4. The van der Waals surface area contributed by atoms with Gasteiger partial charge in [0.1, 0.15) is 0 Å². The van der Waals surface area contributed by atoms with E-state index < -0.39 is 0 Å². The third kappa shape index (κ3) is 2.81. The van der Waals surface area contributed by atoms with Gasteiger partial charge in [-0.2, -0.15) is 5.10 Å². The summed E-state index contributed by atoms with van der Waals surface area (Å²) < 4.78 is 6.52. The maximum atomic E-state index is 11.7. The minimum Gasteiger partial charge on any atom is -0.351 e. The van der Waals surface area contributed by atoms with Crippen LogP contribution in [0.3, 0.4) is 0 Å². The topological polar surface area (TPSA) is 85.8 Å². The van der Waals surface area contributed by atoms with Crippen LogP contribution in [0.5, 0.6) is 0 Å². The predicted octanol–water partition coefficient (Wildman–Crippen LogP) is 1.40. The van der Waals surface area contributed by atoms with E-state index in [-0.39, 0.29) is 11.7 Å². The Morgan fingerprint density at radius 2 is 2.24 bits per heavy atom. The molecule has 0 aliphatic heterocycles. The van der Waals surface area contributed by atoms with Gasteiger partial charge in [-0.05, 0) is 18.2 Å². The second-order valence-electron chi connectivity index (χ2n) is 4.42. The van der Waals surface area contributed by atoms with Gasteiger partial charge in [-0.3, -0.25) is 14.5 Å². The fourth-order valence-corrected chi connectivity index (χ4v) is 1.96. The Balaban J connectivity index is 1.72. The largest absolute Gasteiger partial charge is 0.351 e. The van der Waals surface area contributed by atoms with Crippen molar-refractivity contribution in [1.82, 2.24) is 25.2 Å². The maximum Gasteiger partial charge on any atom is 0.290 e. The van der Waals surface area contributed by atoms with Crippen molar-refractivity contribution in [3.05, 3.63) is 54.2 Å². The number of nitrogens with one attached hydrogen (secondary N) is 1. The van der Waals surface area contributed by atoms with Gasteiger partial charge in [0.05, 0.1) is 29.8 Å². The summed E-state index contributed by atoms with van der Waals surface area (Å²) in [5, 5.41) is 10.6. The van der Waals surface area contributed by atoms with Gasteiger partial charge in [-0.1, -0.05) is 11.2 Å². The van der Waals surface area contributed by atoms with Crippen molar-refractivity contribution in [2.75, 3.05) is 0 Å². The molecule has 0 atom stereocenters. The molecule has 0 bridgehead atoms. The molecule has 3 aromatic rings. The maximum absolute atomic E-state index is 11.7. The first-order chi connectivity index (χ1) is 10.2. The molecule has 0 radical (unpaired) electrons. The summed E-state index contributed by atoms with van der Waals surface area (Å²) in [6.07, 6.45) is 3.16. The standard InChI is InChI=1S/C14H13N5O2/c1-19-12(11-4-2-3-6-15-11)8-10(18-19)9-16-14(20)13-5-7-17-21-13/h2-8H,9H2,1H3,(H,16,20). The van der Waals surface area contributed by atoms with Crippen LogP contribution in [0.4, 0.5) is 0 Å². The van der Waals surface area contributed by atoms with Gasteiger partial charge in [0.15, 0.2) is 0 Å². The van der Waals surface area contributed by atoms with Crippen LogP contribution < -0.4 is 5.32 Å². The minimum atomic E-state index is -0.322. The van der Waals surface area contributed by atoms with E-state index in [0.29, 0.717) is 6.54 Å². The molecule has 3 rings (SSSR count). The highest BCUT2D eigenvalue weighted by atomic mass is 16.5. The molecule has 1 N–H and O–H groups in total. The predicted molar refractivity (Wildman–Crippen MR) is 74.1 cm³/mol. The zero-order chi connectivity index (χ0) is 14.7. The number of hydrogen-bond acceptors (Lipinski definition) is 5. The molecule has 3 aromatic heterocycles. The summed E-state index contributed by atoms with van der Waals surface area (Å²) in [4.78, 5) is 16.0. The number of rotatable bonds is 4. The van der Waals surface area contributed by atoms with Crippen molar-refractivity contribution >= 4 is 5.91 Å². The first kappa shape index (κ1) is 13.0. The Morgan fingerprint density at radius 1 is 1.33 bits per heavy atom. The second-order valence-corrected chi connectivity index (χ2v) is 4.42. The van der Waals surface area contributed by atoms with E-state index >= 15 is 0 Å². The van der Waals surface area contributed by atoms with Crippen LogP contribution in [0.2, 0.25) is 0 Å². The van der Waals surface area contributed by atoms with Gasteiger partial charge >= 0.3 is 0 Å². The SMILES string of the molecule is Cn1nc(CNC(=O)c2ccno2)cc1-c1ccccn1. The Bertz CT molecular complexity index is 734. The molecule has 0 spiro atoms. The van der Waals surface area contributed by atoms with E-state index in [0.717, 1.165) is 17.1 Å². The number of pyridine rings is 1. The number of amides is 1. The Labute approximate surface area is 120 Å². The molecule has 21 heavy (non-hydrogen) atoms. The first-order valence-electron chi connectivity index (χ1n) is 6.37. The van der Waals surface area contributed by atoms with Crippen LogP contribution in [0, 0.1) is 0 Å². The summed E-state index contributed by atoms with van der Waals surface area (Å²) in [5.41, 5.74) is 2.46. The lowest BCUT2D eigenvalue weighted by Crippen LogP contribution is -2.22. The molecular weight excluding hydrogens is 270 g/mol. The Kier molecular flexibility index (Phi) is 3.46. The molecule has 7 heteroatoms. The second kappa shape index (κ2) is 5.58. The van der Waals surface area contributed by atoms with Gasteiger partial charge in [0, 0.05) is 19.3 Å². The lowest BCUT2D eigenvalue weighted by atomic mass is 10.2. The molecule has 0 saturated carbocycles. The number of aromatic nitrogens is 4. The zero-order valence-corrected chi connectivity index (χ0v) is 11.4. The van der Waals surface area contributed by atoms with Gasteiger partial charge in [-0.25, -0.2) is 0 Å². The van der Waals surface area contributed by atoms with Crippen LogP contribution in [-0.2, 0) is 13.6 Å². The van der Waals surface area contributed by atoms with Crippen LogP contribution in [0.25, 0.3) is 11.4 Å². The average Bonchev–Trinajstić information content (AvgIpc) is 3.15. The lowest BCUT2D eigenvalue weighted by Gasteiger charge is -1.98. The van der Waals surface area contributed by atoms with Crippen molar-refractivity contribution in [2.45, 2.75) is 6.54 Å². The van der Waals surface area contributed by atoms with E-state index in [2.05, 4.69) is 20.6 Å². The highest BCUT2D eigenvalue weighted by molar-refractivity contribution is 5.91. The van der Waals surface area contributed by atoms with Crippen molar-refractivity contribution < 1.29 is 9.32 Å². The van der Waals surface area contributed by atoms with E-state index in [1.54, 1.807) is 10.9 Å². The summed E-state index contributed by atoms with van der Waals surface area (Å²) >= 11 is 0. The number of carbonyl (C=O) groups is 1. The third-order valence-electron chi connectivity index (χ3n) is 2.95. The molecule has 0 fully saturated rings.